The molecule has 0 aromatic carbocycles. The van der Waals surface area contributed by atoms with Crippen molar-refractivity contribution in [2.75, 3.05) is 0 Å². The van der Waals surface area contributed by atoms with Crippen LogP contribution < -0.4 is 10.9 Å². The van der Waals surface area contributed by atoms with E-state index < -0.39 is 40.2 Å². The van der Waals surface area contributed by atoms with Crippen molar-refractivity contribution in [3.05, 3.63) is 33.7 Å². The standard InChI is InChI=1S/C21H23N3O5/c1-21(2,3)16(20(28)29)23-18(26)14-15(25)13-9-12(8-7-11-5-6-11)10-22-17(13)24(4)19(14)27/h9-11,16,25H,5-6H2,1-4H3,(H,23,26)(H,28,29). The number of carboxylic acid groups (broad SMARTS) is 1. The smallest absolute Gasteiger partial charge is 0.326 e. The first kappa shape index (κ1) is 20.4. The summed E-state index contributed by atoms with van der Waals surface area (Å²) in [6.07, 6.45) is 3.64. The summed E-state index contributed by atoms with van der Waals surface area (Å²) in [6.45, 7) is 4.96. The Hall–Kier alpha value is -3.34. The zero-order valence-electron chi connectivity index (χ0n) is 16.7. The zero-order valence-corrected chi connectivity index (χ0v) is 16.7. The monoisotopic (exact) mass is 397 g/mol. The van der Waals surface area contributed by atoms with Crippen LogP contribution in [0, 0.1) is 23.2 Å². The Morgan fingerprint density at radius 1 is 1.34 bits per heavy atom. The van der Waals surface area contributed by atoms with Crippen molar-refractivity contribution in [3.8, 4) is 17.6 Å². The lowest BCUT2D eigenvalue weighted by molar-refractivity contribution is -0.142. The van der Waals surface area contributed by atoms with E-state index >= 15 is 0 Å². The average molecular weight is 397 g/mol. The lowest BCUT2D eigenvalue weighted by Crippen LogP contribution is -2.50. The summed E-state index contributed by atoms with van der Waals surface area (Å²) in [4.78, 5) is 41.2. The van der Waals surface area contributed by atoms with Crippen LogP contribution in [0.2, 0.25) is 0 Å². The number of pyridine rings is 2. The van der Waals surface area contributed by atoms with Gasteiger partial charge in [-0.3, -0.25) is 14.2 Å². The van der Waals surface area contributed by atoms with E-state index in [1.807, 2.05) is 0 Å². The van der Waals surface area contributed by atoms with Crippen LogP contribution in [0.25, 0.3) is 11.0 Å². The van der Waals surface area contributed by atoms with Gasteiger partial charge < -0.3 is 15.5 Å². The highest BCUT2D eigenvalue weighted by molar-refractivity contribution is 6.03. The first-order valence-corrected chi connectivity index (χ1v) is 9.27. The minimum Gasteiger partial charge on any atom is -0.506 e. The number of aromatic nitrogens is 2. The molecule has 0 bridgehead atoms. The summed E-state index contributed by atoms with van der Waals surface area (Å²) in [5.41, 5.74) is -1.33. The molecule has 0 saturated heterocycles. The van der Waals surface area contributed by atoms with Crippen LogP contribution in [-0.4, -0.2) is 37.7 Å². The van der Waals surface area contributed by atoms with E-state index in [4.69, 9.17) is 0 Å². The molecule has 1 unspecified atom stereocenters. The minimum atomic E-state index is -1.25. The SMILES string of the molecule is Cn1c(=O)c(C(=O)NC(C(=O)O)C(C)(C)C)c(O)c2cc(C#CC3CC3)cnc21. The van der Waals surface area contributed by atoms with E-state index in [0.29, 0.717) is 11.5 Å². The van der Waals surface area contributed by atoms with Gasteiger partial charge in [0.05, 0.1) is 5.39 Å². The number of nitrogens with zero attached hydrogens (tertiary/aromatic N) is 2. The molecule has 2 aromatic heterocycles. The van der Waals surface area contributed by atoms with Gasteiger partial charge in [-0.05, 0) is 24.3 Å². The van der Waals surface area contributed by atoms with Crippen molar-refractivity contribution >= 4 is 22.9 Å². The molecule has 8 heteroatoms. The quantitative estimate of drug-likeness (QED) is 0.677. The summed E-state index contributed by atoms with van der Waals surface area (Å²) in [7, 11) is 1.43. The van der Waals surface area contributed by atoms with Crippen LogP contribution in [0.3, 0.4) is 0 Å². The number of fused-ring (bicyclic) bond motifs is 1. The maximum Gasteiger partial charge on any atom is 0.326 e. The second kappa shape index (κ2) is 7.24. The van der Waals surface area contributed by atoms with Gasteiger partial charge in [0, 0.05) is 24.7 Å². The van der Waals surface area contributed by atoms with Gasteiger partial charge in [-0.25, -0.2) is 9.78 Å². The molecule has 2 aromatic rings. The fourth-order valence-corrected chi connectivity index (χ4v) is 2.94. The Labute approximate surface area is 167 Å². The Balaban J connectivity index is 2.09. The van der Waals surface area contributed by atoms with E-state index in [1.54, 1.807) is 26.8 Å². The van der Waals surface area contributed by atoms with Gasteiger partial charge in [0.15, 0.2) is 0 Å². The summed E-state index contributed by atoms with van der Waals surface area (Å²) < 4.78 is 1.15. The number of carbonyl (C=O) groups is 2. The van der Waals surface area contributed by atoms with E-state index in [0.717, 1.165) is 17.4 Å². The Morgan fingerprint density at radius 2 is 2.00 bits per heavy atom. The molecular weight excluding hydrogens is 374 g/mol. The zero-order chi connectivity index (χ0) is 21.5. The van der Waals surface area contributed by atoms with Crippen LogP contribution in [-0.2, 0) is 11.8 Å². The minimum absolute atomic E-state index is 0.197. The van der Waals surface area contributed by atoms with Gasteiger partial charge >= 0.3 is 5.97 Å². The third-order valence-corrected chi connectivity index (χ3v) is 4.81. The third-order valence-electron chi connectivity index (χ3n) is 4.81. The number of aliphatic carboxylic acids is 1. The molecule has 1 aliphatic rings. The number of aryl methyl sites for hydroxylation is 1. The molecule has 2 heterocycles. The normalized spacial score (nSPS) is 14.8. The first-order chi connectivity index (χ1) is 13.5. The van der Waals surface area contributed by atoms with Crippen molar-refractivity contribution in [3.63, 3.8) is 0 Å². The topological polar surface area (TPSA) is 122 Å². The van der Waals surface area contributed by atoms with Crippen LogP contribution in [0.4, 0.5) is 0 Å². The van der Waals surface area contributed by atoms with E-state index in [1.165, 1.54) is 13.2 Å². The fourth-order valence-electron chi connectivity index (χ4n) is 2.94. The molecule has 1 amide bonds. The second-order valence-corrected chi connectivity index (χ2v) is 8.34. The predicted octanol–water partition coefficient (Wildman–Crippen LogP) is 1.63. The molecule has 29 heavy (non-hydrogen) atoms. The fraction of sp³-hybridized carbons (Fsp3) is 0.429. The Kier molecular flexibility index (Phi) is 5.09. The molecule has 1 aliphatic carbocycles. The van der Waals surface area contributed by atoms with Gasteiger partial charge in [0.25, 0.3) is 11.5 Å². The van der Waals surface area contributed by atoms with Crippen molar-refractivity contribution in [1.82, 2.24) is 14.9 Å². The number of nitrogens with one attached hydrogen (secondary N) is 1. The molecule has 152 valence electrons. The van der Waals surface area contributed by atoms with Crippen LogP contribution in [0.1, 0.15) is 49.5 Å². The first-order valence-electron chi connectivity index (χ1n) is 9.27. The number of hydrogen-bond acceptors (Lipinski definition) is 5. The van der Waals surface area contributed by atoms with Crippen LogP contribution in [0.15, 0.2) is 17.1 Å². The molecule has 1 saturated carbocycles. The molecule has 0 radical (unpaired) electrons. The summed E-state index contributed by atoms with van der Waals surface area (Å²) in [6, 6.07) is 0.325. The maximum absolute atomic E-state index is 12.8. The Bertz CT molecular complexity index is 1130. The molecular formula is C21H23N3O5. The highest BCUT2D eigenvalue weighted by Crippen LogP contribution is 2.29. The second-order valence-electron chi connectivity index (χ2n) is 8.34. The molecule has 3 rings (SSSR count). The van der Waals surface area contributed by atoms with Gasteiger partial charge in [-0.2, -0.15) is 0 Å². The summed E-state index contributed by atoms with van der Waals surface area (Å²) in [5, 5.41) is 22.7. The Morgan fingerprint density at radius 3 is 2.55 bits per heavy atom. The summed E-state index contributed by atoms with van der Waals surface area (Å²) in [5.74, 6) is 3.73. The van der Waals surface area contributed by atoms with Crippen molar-refractivity contribution in [1.29, 1.82) is 0 Å². The highest BCUT2D eigenvalue weighted by Gasteiger charge is 2.34. The molecule has 3 N–H and O–H groups in total. The number of hydrogen-bond donors (Lipinski definition) is 3. The highest BCUT2D eigenvalue weighted by atomic mass is 16.4. The third kappa shape index (κ3) is 4.09. The van der Waals surface area contributed by atoms with E-state index in [2.05, 4.69) is 22.1 Å². The number of aromatic hydroxyl groups is 1. The van der Waals surface area contributed by atoms with Crippen LogP contribution in [0.5, 0.6) is 5.75 Å². The number of carboxylic acids is 1. The molecule has 1 atom stereocenters. The number of rotatable bonds is 3. The number of amides is 1. The van der Waals surface area contributed by atoms with Gasteiger partial charge in [-0.15, -0.1) is 0 Å². The van der Waals surface area contributed by atoms with E-state index in [9.17, 15) is 24.6 Å². The van der Waals surface area contributed by atoms with E-state index in [-0.39, 0.29) is 11.0 Å². The lowest BCUT2D eigenvalue weighted by Gasteiger charge is -2.27. The largest absolute Gasteiger partial charge is 0.506 e. The molecule has 0 spiro atoms. The molecule has 8 nitrogen and oxygen atoms in total. The van der Waals surface area contributed by atoms with Crippen molar-refractivity contribution in [2.24, 2.45) is 18.4 Å². The average Bonchev–Trinajstić information content (AvgIpc) is 3.46. The van der Waals surface area contributed by atoms with Crippen molar-refractivity contribution in [2.45, 2.75) is 39.7 Å². The molecule has 0 aliphatic heterocycles. The van der Waals surface area contributed by atoms with Gasteiger partial charge in [-0.1, -0.05) is 32.6 Å². The summed E-state index contributed by atoms with van der Waals surface area (Å²) >= 11 is 0. The predicted molar refractivity (Wildman–Crippen MR) is 107 cm³/mol. The van der Waals surface area contributed by atoms with Crippen molar-refractivity contribution < 1.29 is 19.8 Å². The number of carbonyl (C=O) groups excluding carboxylic acids is 1. The van der Waals surface area contributed by atoms with Gasteiger partial charge in [0.1, 0.15) is 23.0 Å². The lowest BCUT2D eigenvalue weighted by atomic mass is 9.86. The molecule has 1 fully saturated rings. The van der Waals surface area contributed by atoms with Crippen LogP contribution >= 0.6 is 0 Å². The maximum atomic E-state index is 12.8. The van der Waals surface area contributed by atoms with Gasteiger partial charge in [0.2, 0.25) is 0 Å².